The summed E-state index contributed by atoms with van der Waals surface area (Å²) in [6, 6.07) is 12.0. The fourth-order valence-electron chi connectivity index (χ4n) is 2.23. The first-order chi connectivity index (χ1) is 11.2. The van der Waals surface area contributed by atoms with Crippen molar-refractivity contribution in [2.45, 2.75) is 11.5 Å². The summed E-state index contributed by atoms with van der Waals surface area (Å²) >= 11 is 1.83. The van der Waals surface area contributed by atoms with Crippen molar-refractivity contribution in [1.29, 1.82) is 0 Å². The number of ether oxygens (including phenoxy) is 4. The molecule has 0 bridgehead atoms. The zero-order valence-corrected chi connectivity index (χ0v) is 14.7. The van der Waals surface area contributed by atoms with Crippen molar-refractivity contribution in [1.82, 2.24) is 0 Å². The summed E-state index contributed by atoms with van der Waals surface area (Å²) in [4.78, 5) is 0. The van der Waals surface area contributed by atoms with Gasteiger partial charge in [0.25, 0.3) is 0 Å². The standard InChI is InChI=1S/C18H22O4S/c1-19-15-7-5-13(9-17(15)21-3)11-23-12-14-6-8-16(20-2)18(10-14)22-4/h5-10H,11-12H2,1-4H3. The first kappa shape index (κ1) is 17.3. The molecule has 0 spiro atoms. The molecule has 124 valence electrons. The van der Waals surface area contributed by atoms with Crippen LogP contribution in [0.25, 0.3) is 0 Å². The maximum absolute atomic E-state index is 5.33. The van der Waals surface area contributed by atoms with E-state index in [9.17, 15) is 0 Å². The van der Waals surface area contributed by atoms with Crippen LogP contribution in [0.5, 0.6) is 23.0 Å². The van der Waals surface area contributed by atoms with Crippen LogP contribution in [-0.2, 0) is 11.5 Å². The Morgan fingerprint density at radius 1 is 0.609 bits per heavy atom. The highest BCUT2D eigenvalue weighted by molar-refractivity contribution is 7.97. The minimum atomic E-state index is 0.751. The molecule has 2 aromatic carbocycles. The van der Waals surface area contributed by atoms with Crippen LogP contribution in [0.4, 0.5) is 0 Å². The van der Waals surface area contributed by atoms with Crippen molar-refractivity contribution in [2.24, 2.45) is 0 Å². The molecule has 0 N–H and O–H groups in total. The molecule has 0 saturated heterocycles. The van der Waals surface area contributed by atoms with E-state index in [4.69, 9.17) is 18.9 Å². The van der Waals surface area contributed by atoms with Crippen LogP contribution in [0.2, 0.25) is 0 Å². The van der Waals surface area contributed by atoms with Crippen LogP contribution in [0.15, 0.2) is 36.4 Å². The molecule has 0 heterocycles. The summed E-state index contributed by atoms with van der Waals surface area (Å²) < 4.78 is 21.2. The molecule has 0 aliphatic carbocycles. The molecule has 0 unspecified atom stereocenters. The number of hydrogen-bond donors (Lipinski definition) is 0. The van der Waals surface area contributed by atoms with Gasteiger partial charge in [-0.25, -0.2) is 0 Å². The molecule has 5 heteroatoms. The molecule has 0 aromatic heterocycles. The highest BCUT2D eigenvalue weighted by Gasteiger charge is 2.07. The van der Waals surface area contributed by atoms with Crippen molar-refractivity contribution in [2.75, 3.05) is 28.4 Å². The third-order valence-electron chi connectivity index (χ3n) is 3.43. The van der Waals surface area contributed by atoms with E-state index in [0.717, 1.165) is 34.5 Å². The zero-order valence-electron chi connectivity index (χ0n) is 13.9. The van der Waals surface area contributed by atoms with Crippen molar-refractivity contribution >= 4 is 11.8 Å². The van der Waals surface area contributed by atoms with E-state index >= 15 is 0 Å². The number of hydrogen-bond acceptors (Lipinski definition) is 5. The number of benzene rings is 2. The van der Waals surface area contributed by atoms with Crippen LogP contribution in [0, 0.1) is 0 Å². The Kier molecular flexibility index (Phi) is 6.47. The summed E-state index contributed by atoms with van der Waals surface area (Å²) in [5.41, 5.74) is 2.40. The van der Waals surface area contributed by atoms with Gasteiger partial charge in [0.15, 0.2) is 23.0 Å². The molecular formula is C18H22O4S. The largest absolute Gasteiger partial charge is 0.493 e. The van der Waals surface area contributed by atoms with Crippen molar-refractivity contribution in [3.8, 4) is 23.0 Å². The first-order valence-corrected chi connectivity index (χ1v) is 8.36. The van der Waals surface area contributed by atoms with Crippen molar-refractivity contribution in [3.63, 3.8) is 0 Å². The fraction of sp³-hybridized carbons (Fsp3) is 0.333. The van der Waals surface area contributed by atoms with Gasteiger partial charge in [-0.3, -0.25) is 0 Å². The highest BCUT2D eigenvalue weighted by Crippen LogP contribution is 2.31. The molecule has 2 aromatic rings. The van der Waals surface area contributed by atoms with Gasteiger partial charge in [-0.05, 0) is 35.4 Å². The van der Waals surface area contributed by atoms with Gasteiger partial charge in [-0.15, -0.1) is 0 Å². The van der Waals surface area contributed by atoms with Crippen LogP contribution in [0.3, 0.4) is 0 Å². The predicted octanol–water partition coefficient (Wildman–Crippen LogP) is 4.15. The zero-order chi connectivity index (χ0) is 16.7. The molecule has 0 saturated carbocycles. The summed E-state index contributed by atoms with van der Waals surface area (Å²) in [6.07, 6.45) is 0. The average Bonchev–Trinajstić information content (AvgIpc) is 2.61. The molecule has 0 fully saturated rings. The SMILES string of the molecule is COc1ccc(CSCc2ccc(OC)c(OC)c2)cc1OC. The lowest BCUT2D eigenvalue weighted by atomic mass is 10.2. The van der Waals surface area contributed by atoms with E-state index < -0.39 is 0 Å². The second-order valence-corrected chi connectivity index (χ2v) is 5.86. The lowest BCUT2D eigenvalue weighted by Crippen LogP contribution is -1.93. The van der Waals surface area contributed by atoms with Gasteiger partial charge in [-0.2, -0.15) is 11.8 Å². The van der Waals surface area contributed by atoms with E-state index in [2.05, 4.69) is 12.1 Å². The molecule has 0 aliphatic rings. The van der Waals surface area contributed by atoms with E-state index in [1.165, 1.54) is 11.1 Å². The lowest BCUT2D eigenvalue weighted by Gasteiger charge is -2.11. The predicted molar refractivity (Wildman–Crippen MR) is 94.1 cm³/mol. The second-order valence-electron chi connectivity index (χ2n) is 4.87. The van der Waals surface area contributed by atoms with Crippen LogP contribution in [0.1, 0.15) is 11.1 Å². The van der Waals surface area contributed by atoms with E-state index in [0.29, 0.717) is 0 Å². The summed E-state index contributed by atoms with van der Waals surface area (Å²) in [7, 11) is 6.59. The van der Waals surface area contributed by atoms with Gasteiger partial charge >= 0.3 is 0 Å². The fourth-order valence-corrected chi connectivity index (χ4v) is 3.16. The Morgan fingerprint density at radius 3 is 1.35 bits per heavy atom. The Labute approximate surface area is 141 Å². The molecule has 0 radical (unpaired) electrons. The molecular weight excluding hydrogens is 312 g/mol. The summed E-state index contributed by atoms with van der Waals surface area (Å²) in [6.45, 7) is 0. The average molecular weight is 334 g/mol. The van der Waals surface area contributed by atoms with Crippen LogP contribution < -0.4 is 18.9 Å². The number of thioether (sulfide) groups is 1. The Morgan fingerprint density at radius 2 is 1.00 bits per heavy atom. The quantitative estimate of drug-likeness (QED) is 0.725. The van der Waals surface area contributed by atoms with E-state index in [-0.39, 0.29) is 0 Å². The number of methoxy groups -OCH3 is 4. The maximum atomic E-state index is 5.33. The third kappa shape index (κ3) is 4.48. The maximum Gasteiger partial charge on any atom is 0.161 e. The first-order valence-electron chi connectivity index (χ1n) is 7.21. The van der Waals surface area contributed by atoms with Gasteiger partial charge in [0.1, 0.15) is 0 Å². The summed E-state index contributed by atoms with van der Waals surface area (Å²) in [5.74, 6) is 4.82. The molecule has 23 heavy (non-hydrogen) atoms. The van der Waals surface area contributed by atoms with Gasteiger partial charge in [0.2, 0.25) is 0 Å². The second kappa shape index (κ2) is 8.58. The third-order valence-corrected chi connectivity index (χ3v) is 4.51. The Hall–Kier alpha value is -2.01. The normalized spacial score (nSPS) is 10.3. The molecule has 0 aliphatic heterocycles. The Bertz CT molecular complexity index is 587. The minimum absolute atomic E-state index is 0.751. The van der Waals surface area contributed by atoms with Gasteiger partial charge in [0.05, 0.1) is 28.4 Å². The summed E-state index contributed by atoms with van der Waals surface area (Å²) in [5, 5.41) is 0. The number of rotatable bonds is 8. The van der Waals surface area contributed by atoms with Crippen LogP contribution >= 0.6 is 11.8 Å². The van der Waals surface area contributed by atoms with Gasteiger partial charge in [-0.1, -0.05) is 12.1 Å². The highest BCUT2D eigenvalue weighted by atomic mass is 32.2. The van der Waals surface area contributed by atoms with Crippen LogP contribution in [-0.4, -0.2) is 28.4 Å². The minimum Gasteiger partial charge on any atom is -0.493 e. The van der Waals surface area contributed by atoms with Crippen molar-refractivity contribution < 1.29 is 18.9 Å². The Balaban J connectivity index is 1.97. The molecule has 4 nitrogen and oxygen atoms in total. The topological polar surface area (TPSA) is 36.9 Å². The molecule has 0 amide bonds. The lowest BCUT2D eigenvalue weighted by molar-refractivity contribution is 0.354. The smallest absolute Gasteiger partial charge is 0.161 e. The van der Waals surface area contributed by atoms with E-state index in [1.54, 1.807) is 28.4 Å². The van der Waals surface area contributed by atoms with Gasteiger partial charge < -0.3 is 18.9 Å². The van der Waals surface area contributed by atoms with Gasteiger partial charge in [0, 0.05) is 11.5 Å². The van der Waals surface area contributed by atoms with Crippen molar-refractivity contribution in [3.05, 3.63) is 47.5 Å². The molecule has 0 atom stereocenters. The van der Waals surface area contributed by atoms with E-state index in [1.807, 2.05) is 36.0 Å². The molecule has 2 rings (SSSR count). The monoisotopic (exact) mass is 334 g/mol.